The van der Waals surface area contributed by atoms with Gasteiger partial charge in [-0.15, -0.1) is 0 Å². The molecule has 2 N–H and O–H groups in total. The molecule has 0 atom stereocenters. The van der Waals surface area contributed by atoms with Gasteiger partial charge in [-0.05, 0) is 38.1 Å². The third kappa shape index (κ3) is 4.74. The first-order chi connectivity index (χ1) is 11.6. The van der Waals surface area contributed by atoms with Crippen molar-refractivity contribution >= 4 is 11.6 Å². The van der Waals surface area contributed by atoms with Crippen molar-refractivity contribution in [2.24, 2.45) is 5.10 Å². The fourth-order valence-corrected chi connectivity index (χ4v) is 2.01. The van der Waals surface area contributed by atoms with Crippen LogP contribution in [0.15, 0.2) is 53.6 Å². The molecule has 2 aromatic carbocycles. The highest BCUT2D eigenvalue weighted by molar-refractivity contribution is 6.01. The second-order valence-corrected chi connectivity index (χ2v) is 4.92. The van der Waals surface area contributed by atoms with Gasteiger partial charge in [0.15, 0.2) is 18.1 Å². The predicted octanol–water partition coefficient (Wildman–Crippen LogP) is 2.71. The van der Waals surface area contributed by atoms with Gasteiger partial charge in [0.05, 0.1) is 12.3 Å². The van der Waals surface area contributed by atoms with Crippen molar-refractivity contribution in [3.63, 3.8) is 0 Å². The number of aromatic hydroxyl groups is 1. The Kier molecular flexibility index (Phi) is 6.19. The van der Waals surface area contributed by atoms with Crippen LogP contribution < -0.4 is 14.9 Å². The number of carbonyl (C=O) groups is 1. The Morgan fingerprint density at radius 2 is 1.71 bits per heavy atom. The number of hydrogen-bond donors (Lipinski definition) is 2. The van der Waals surface area contributed by atoms with Crippen molar-refractivity contribution in [2.45, 2.75) is 13.8 Å². The molecular weight excluding hydrogens is 308 g/mol. The maximum atomic E-state index is 11.9. The second-order valence-electron chi connectivity index (χ2n) is 4.92. The highest BCUT2D eigenvalue weighted by Gasteiger charge is 2.08. The Morgan fingerprint density at radius 1 is 1.08 bits per heavy atom. The lowest BCUT2D eigenvalue weighted by Gasteiger charge is -2.11. The van der Waals surface area contributed by atoms with Crippen molar-refractivity contribution < 1.29 is 19.4 Å². The maximum absolute atomic E-state index is 11.9. The van der Waals surface area contributed by atoms with Crippen molar-refractivity contribution in [1.29, 1.82) is 0 Å². The number of ether oxygens (including phenoxy) is 2. The zero-order valence-corrected chi connectivity index (χ0v) is 13.7. The van der Waals surface area contributed by atoms with Crippen LogP contribution in [-0.2, 0) is 4.79 Å². The Balaban J connectivity index is 1.92. The van der Waals surface area contributed by atoms with Crippen LogP contribution in [-0.4, -0.2) is 29.9 Å². The molecule has 24 heavy (non-hydrogen) atoms. The Morgan fingerprint density at radius 3 is 2.38 bits per heavy atom. The first-order valence-corrected chi connectivity index (χ1v) is 7.58. The Bertz CT molecular complexity index is 728. The summed E-state index contributed by atoms with van der Waals surface area (Å²) in [6.45, 7) is 3.89. The minimum Gasteiger partial charge on any atom is -0.507 e. The zero-order valence-electron chi connectivity index (χ0n) is 13.7. The molecule has 0 fully saturated rings. The van der Waals surface area contributed by atoms with E-state index in [0.29, 0.717) is 29.4 Å². The van der Waals surface area contributed by atoms with Gasteiger partial charge in [-0.25, -0.2) is 5.43 Å². The molecule has 0 heterocycles. The lowest BCUT2D eigenvalue weighted by molar-refractivity contribution is -0.123. The minimum atomic E-state index is -0.406. The molecule has 6 heteroatoms. The summed E-state index contributed by atoms with van der Waals surface area (Å²) in [5, 5.41) is 13.7. The van der Waals surface area contributed by atoms with E-state index in [1.165, 1.54) is 0 Å². The molecule has 0 saturated heterocycles. The number of carbonyl (C=O) groups excluding carboxylic acids is 1. The number of hydrazone groups is 1. The largest absolute Gasteiger partial charge is 0.507 e. The molecule has 2 aromatic rings. The van der Waals surface area contributed by atoms with Crippen LogP contribution in [0.2, 0.25) is 0 Å². The van der Waals surface area contributed by atoms with E-state index in [2.05, 4.69) is 10.5 Å². The highest BCUT2D eigenvalue weighted by atomic mass is 16.5. The molecule has 2 rings (SSSR count). The first kappa shape index (κ1) is 17.3. The van der Waals surface area contributed by atoms with E-state index >= 15 is 0 Å². The van der Waals surface area contributed by atoms with E-state index in [1.54, 1.807) is 49.4 Å². The summed E-state index contributed by atoms with van der Waals surface area (Å²) in [6, 6.07) is 13.9. The highest BCUT2D eigenvalue weighted by Crippen LogP contribution is 2.26. The molecule has 0 aliphatic heterocycles. The van der Waals surface area contributed by atoms with Crippen molar-refractivity contribution in [2.75, 3.05) is 13.2 Å². The summed E-state index contributed by atoms with van der Waals surface area (Å²) in [5.41, 5.74) is 3.45. The van der Waals surface area contributed by atoms with Gasteiger partial charge in [0.1, 0.15) is 5.75 Å². The predicted molar refractivity (Wildman–Crippen MR) is 91.6 cm³/mol. The molecule has 126 valence electrons. The van der Waals surface area contributed by atoms with Gasteiger partial charge >= 0.3 is 0 Å². The standard InChI is InChI=1S/C18H20N2O4/c1-3-23-16-10-6-7-11-17(16)24-12-18(22)20-19-13(2)14-8-4-5-9-15(14)21/h4-11,21H,3,12H2,1-2H3,(H,20,22)/b19-13+. The van der Waals surface area contributed by atoms with Gasteiger partial charge < -0.3 is 14.6 Å². The third-order valence-corrected chi connectivity index (χ3v) is 3.15. The van der Waals surface area contributed by atoms with Crippen LogP contribution in [0.5, 0.6) is 17.2 Å². The van der Waals surface area contributed by atoms with Crippen molar-refractivity contribution in [1.82, 2.24) is 5.43 Å². The van der Waals surface area contributed by atoms with Crippen LogP contribution >= 0.6 is 0 Å². The molecule has 0 aliphatic rings. The zero-order chi connectivity index (χ0) is 17.4. The van der Waals surface area contributed by atoms with Crippen LogP contribution in [0.1, 0.15) is 19.4 Å². The molecule has 0 aromatic heterocycles. The lowest BCUT2D eigenvalue weighted by atomic mass is 10.1. The SMILES string of the molecule is CCOc1ccccc1OCC(=O)N/N=C(\C)c1ccccc1O. The van der Waals surface area contributed by atoms with Gasteiger partial charge in [0.2, 0.25) is 0 Å². The van der Waals surface area contributed by atoms with E-state index in [4.69, 9.17) is 9.47 Å². The fraction of sp³-hybridized carbons (Fsp3) is 0.222. The van der Waals surface area contributed by atoms with Crippen LogP contribution in [0.25, 0.3) is 0 Å². The molecule has 0 bridgehead atoms. The van der Waals surface area contributed by atoms with E-state index in [-0.39, 0.29) is 12.4 Å². The van der Waals surface area contributed by atoms with E-state index in [0.717, 1.165) is 0 Å². The van der Waals surface area contributed by atoms with Gasteiger partial charge in [-0.3, -0.25) is 4.79 Å². The van der Waals surface area contributed by atoms with Crippen molar-refractivity contribution in [3.05, 3.63) is 54.1 Å². The molecular formula is C18H20N2O4. The molecule has 1 amide bonds. The summed E-state index contributed by atoms with van der Waals surface area (Å²) in [7, 11) is 0. The Labute approximate surface area is 140 Å². The minimum absolute atomic E-state index is 0.106. The molecule has 0 unspecified atom stereocenters. The monoisotopic (exact) mass is 328 g/mol. The average Bonchev–Trinajstić information content (AvgIpc) is 2.59. The molecule has 0 saturated carbocycles. The number of nitrogens with one attached hydrogen (secondary N) is 1. The van der Waals surface area contributed by atoms with Crippen LogP contribution in [0.3, 0.4) is 0 Å². The number of phenolic OH excluding ortho intramolecular Hbond substituents is 1. The number of rotatable bonds is 7. The summed E-state index contributed by atoms with van der Waals surface area (Å²) >= 11 is 0. The average molecular weight is 328 g/mol. The smallest absolute Gasteiger partial charge is 0.277 e. The number of hydrogen-bond acceptors (Lipinski definition) is 5. The maximum Gasteiger partial charge on any atom is 0.277 e. The van der Waals surface area contributed by atoms with Gasteiger partial charge in [-0.2, -0.15) is 5.10 Å². The summed E-state index contributed by atoms with van der Waals surface area (Å²) in [4.78, 5) is 11.9. The quantitative estimate of drug-likeness (QED) is 0.605. The van der Waals surface area contributed by atoms with Gasteiger partial charge in [0.25, 0.3) is 5.91 Å². The van der Waals surface area contributed by atoms with E-state index < -0.39 is 5.91 Å². The van der Waals surface area contributed by atoms with Crippen molar-refractivity contribution in [3.8, 4) is 17.2 Å². The lowest BCUT2D eigenvalue weighted by Crippen LogP contribution is -2.25. The third-order valence-electron chi connectivity index (χ3n) is 3.15. The number of nitrogens with zero attached hydrogens (tertiary/aromatic N) is 1. The summed E-state index contributed by atoms with van der Waals surface area (Å²) in [6.07, 6.45) is 0. The number of benzene rings is 2. The topological polar surface area (TPSA) is 80.2 Å². The molecule has 0 spiro atoms. The summed E-state index contributed by atoms with van der Waals surface area (Å²) in [5.74, 6) is 0.781. The summed E-state index contributed by atoms with van der Waals surface area (Å²) < 4.78 is 10.9. The van der Waals surface area contributed by atoms with E-state index in [1.807, 2.05) is 13.0 Å². The van der Waals surface area contributed by atoms with Gasteiger partial charge in [0, 0.05) is 5.56 Å². The number of para-hydroxylation sites is 3. The fourth-order valence-electron chi connectivity index (χ4n) is 2.01. The number of phenols is 1. The number of amides is 1. The van der Waals surface area contributed by atoms with Gasteiger partial charge in [-0.1, -0.05) is 24.3 Å². The van der Waals surface area contributed by atoms with Crippen LogP contribution in [0, 0.1) is 0 Å². The van der Waals surface area contributed by atoms with Crippen LogP contribution in [0.4, 0.5) is 0 Å². The Hall–Kier alpha value is -3.02. The molecule has 6 nitrogen and oxygen atoms in total. The first-order valence-electron chi connectivity index (χ1n) is 7.58. The molecule has 0 radical (unpaired) electrons. The molecule has 0 aliphatic carbocycles. The second kappa shape index (κ2) is 8.57. The normalized spacial score (nSPS) is 11.0. The van der Waals surface area contributed by atoms with E-state index in [9.17, 15) is 9.90 Å².